The Bertz CT molecular complexity index is 534. The van der Waals surface area contributed by atoms with Crippen LogP contribution in [0.15, 0.2) is 42.6 Å². The fourth-order valence-corrected chi connectivity index (χ4v) is 2.08. The quantitative estimate of drug-likeness (QED) is 0.745. The Morgan fingerprint density at radius 1 is 1.17 bits per heavy atom. The molecule has 0 bridgehead atoms. The van der Waals surface area contributed by atoms with Crippen molar-refractivity contribution >= 4 is 5.78 Å². The summed E-state index contributed by atoms with van der Waals surface area (Å²) in [5.41, 5.74) is 3.33. The zero-order chi connectivity index (χ0) is 13.1. The van der Waals surface area contributed by atoms with E-state index in [-0.39, 0.29) is 5.78 Å². The fraction of sp³-hybridized carbons (Fsp3) is 0.312. The summed E-state index contributed by atoms with van der Waals surface area (Å²) >= 11 is 0. The highest BCUT2D eigenvalue weighted by atomic mass is 16.1. The molecule has 0 radical (unpaired) electrons. The highest BCUT2D eigenvalue weighted by Crippen LogP contribution is 2.16. The summed E-state index contributed by atoms with van der Waals surface area (Å²) in [6, 6.07) is 12.4. The van der Waals surface area contributed by atoms with Gasteiger partial charge < -0.3 is 4.57 Å². The van der Waals surface area contributed by atoms with Gasteiger partial charge in [0.1, 0.15) is 0 Å². The number of nitrogens with zero attached hydrogens (tertiary/aromatic N) is 1. The van der Waals surface area contributed by atoms with Gasteiger partial charge in [-0.25, -0.2) is 0 Å². The van der Waals surface area contributed by atoms with Crippen LogP contribution in [0.4, 0.5) is 0 Å². The Balaban J connectivity index is 2.18. The molecule has 2 aromatic rings. The lowest BCUT2D eigenvalue weighted by molar-refractivity contribution is 0.100. The second-order valence-electron chi connectivity index (χ2n) is 4.97. The first-order valence-electron chi connectivity index (χ1n) is 6.33. The summed E-state index contributed by atoms with van der Waals surface area (Å²) in [6.07, 6.45) is 1.95. The number of carbonyl (C=O) groups excluding carboxylic acids is 1. The third-order valence-corrected chi connectivity index (χ3v) is 3.19. The van der Waals surface area contributed by atoms with Gasteiger partial charge in [-0.1, -0.05) is 38.1 Å². The molecule has 1 aromatic carbocycles. The molecule has 0 aliphatic heterocycles. The monoisotopic (exact) mass is 241 g/mol. The van der Waals surface area contributed by atoms with Crippen molar-refractivity contribution in [2.45, 2.75) is 33.2 Å². The average molecular weight is 241 g/mol. The van der Waals surface area contributed by atoms with E-state index in [4.69, 9.17) is 0 Å². The number of ketones is 1. The zero-order valence-corrected chi connectivity index (χ0v) is 11.2. The minimum atomic E-state index is 0.110. The number of hydrogen-bond acceptors (Lipinski definition) is 1. The van der Waals surface area contributed by atoms with Gasteiger partial charge in [0.15, 0.2) is 5.78 Å². The van der Waals surface area contributed by atoms with Crippen molar-refractivity contribution in [2.24, 2.45) is 0 Å². The fourth-order valence-electron chi connectivity index (χ4n) is 2.08. The highest BCUT2D eigenvalue weighted by Gasteiger charge is 2.06. The van der Waals surface area contributed by atoms with Crippen molar-refractivity contribution in [3.8, 4) is 0 Å². The van der Waals surface area contributed by atoms with Crippen molar-refractivity contribution in [2.75, 3.05) is 0 Å². The number of Topliss-reactive ketones (excluding diaryl/α,β-unsaturated/α-hetero) is 1. The molecule has 2 heteroatoms. The van der Waals surface area contributed by atoms with Crippen molar-refractivity contribution < 1.29 is 4.79 Å². The van der Waals surface area contributed by atoms with Gasteiger partial charge in [-0.2, -0.15) is 0 Å². The van der Waals surface area contributed by atoms with Crippen LogP contribution in [0, 0.1) is 0 Å². The first-order valence-corrected chi connectivity index (χ1v) is 6.33. The molecule has 1 heterocycles. The van der Waals surface area contributed by atoms with Crippen LogP contribution in [0.25, 0.3) is 0 Å². The maximum absolute atomic E-state index is 11.4. The summed E-state index contributed by atoms with van der Waals surface area (Å²) < 4.78 is 1.99. The molecule has 0 amide bonds. The van der Waals surface area contributed by atoms with E-state index in [0.717, 1.165) is 12.2 Å². The number of rotatable bonds is 4. The minimum Gasteiger partial charge on any atom is -0.341 e. The number of aromatic nitrogens is 1. The predicted molar refractivity (Wildman–Crippen MR) is 74.1 cm³/mol. The number of benzene rings is 1. The molecule has 0 spiro atoms. The lowest BCUT2D eigenvalue weighted by Gasteiger charge is -2.09. The van der Waals surface area contributed by atoms with E-state index in [0.29, 0.717) is 5.92 Å². The van der Waals surface area contributed by atoms with E-state index in [1.807, 2.05) is 22.9 Å². The summed E-state index contributed by atoms with van der Waals surface area (Å²) in [6.45, 7) is 6.73. The standard InChI is InChI=1S/C16H19NO/c1-12(2)15-8-6-14(7-9-15)11-17-10-4-5-16(17)13(3)18/h4-10,12H,11H2,1-3H3. The van der Waals surface area contributed by atoms with Gasteiger partial charge in [0, 0.05) is 19.7 Å². The molecule has 2 nitrogen and oxygen atoms in total. The molecule has 2 rings (SSSR count). The molecule has 1 aromatic heterocycles. The van der Waals surface area contributed by atoms with Gasteiger partial charge in [0.25, 0.3) is 0 Å². The smallest absolute Gasteiger partial charge is 0.176 e. The molecule has 0 atom stereocenters. The van der Waals surface area contributed by atoms with Crippen LogP contribution in [0.3, 0.4) is 0 Å². The lowest BCUT2D eigenvalue weighted by atomic mass is 10.0. The predicted octanol–water partition coefficient (Wildman–Crippen LogP) is 3.86. The van der Waals surface area contributed by atoms with E-state index in [1.54, 1.807) is 6.92 Å². The molecular weight excluding hydrogens is 222 g/mol. The van der Waals surface area contributed by atoms with Crippen LogP contribution < -0.4 is 0 Å². The van der Waals surface area contributed by atoms with E-state index in [1.165, 1.54) is 11.1 Å². The number of hydrogen-bond donors (Lipinski definition) is 0. The van der Waals surface area contributed by atoms with E-state index in [2.05, 4.69) is 38.1 Å². The molecule has 0 saturated heterocycles. The first-order chi connectivity index (χ1) is 8.58. The normalized spacial score (nSPS) is 10.9. The maximum atomic E-state index is 11.4. The van der Waals surface area contributed by atoms with Crippen molar-refractivity contribution in [3.63, 3.8) is 0 Å². The van der Waals surface area contributed by atoms with Crippen LogP contribution in [0.5, 0.6) is 0 Å². The molecule has 0 N–H and O–H groups in total. The second-order valence-corrected chi connectivity index (χ2v) is 4.97. The van der Waals surface area contributed by atoms with Crippen LogP contribution >= 0.6 is 0 Å². The molecule has 0 saturated carbocycles. The van der Waals surface area contributed by atoms with E-state index in [9.17, 15) is 4.79 Å². The Kier molecular flexibility index (Phi) is 3.66. The van der Waals surface area contributed by atoms with Gasteiger partial charge in [-0.3, -0.25) is 4.79 Å². The molecule has 0 unspecified atom stereocenters. The molecule has 0 aliphatic rings. The Morgan fingerprint density at radius 3 is 2.39 bits per heavy atom. The summed E-state index contributed by atoms with van der Waals surface area (Å²) in [5.74, 6) is 0.664. The zero-order valence-electron chi connectivity index (χ0n) is 11.2. The third kappa shape index (κ3) is 2.70. The first kappa shape index (κ1) is 12.6. The van der Waals surface area contributed by atoms with Crippen molar-refractivity contribution in [1.82, 2.24) is 4.57 Å². The van der Waals surface area contributed by atoms with Gasteiger partial charge in [0.05, 0.1) is 5.69 Å². The topological polar surface area (TPSA) is 22.0 Å². The van der Waals surface area contributed by atoms with E-state index >= 15 is 0 Å². The van der Waals surface area contributed by atoms with E-state index < -0.39 is 0 Å². The largest absolute Gasteiger partial charge is 0.341 e. The molecule has 0 aliphatic carbocycles. The van der Waals surface area contributed by atoms with Gasteiger partial charge >= 0.3 is 0 Å². The SMILES string of the molecule is CC(=O)c1cccn1Cc1ccc(C(C)C)cc1. The third-order valence-electron chi connectivity index (χ3n) is 3.19. The molecule has 94 valence electrons. The highest BCUT2D eigenvalue weighted by molar-refractivity contribution is 5.92. The van der Waals surface area contributed by atoms with Gasteiger partial charge in [-0.15, -0.1) is 0 Å². The van der Waals surface area contributed by atoms with Gasteiger partial charge in [0.2, 0.25) is 0 Å². The van der Waals surface area contributed by atoms with Gasteiger partial charge in [-0.05, 0) is 29.2 Å². The summed E-state index contributed by atoms with van der Waals surface area (Å²) in [7, 11) is 0. The second kappa shape index (κ2) is 5.21. The summed E-state index contributed by atoms with van der Waals surface area (Å²) in [5, 5.41) is 0. The minimum absolute atomic E-state index is 0.110. The molecule has 0 fully saturated rings. The van der Waals surface area contributed by atoms with Crippen LogP contribution in [-0.4, -0.2) is 10.4 Å². The average Bonchev–Trinajstić information content (AvgIpc) is 2.78. The Hall–Kier alpha value is -1.83. The van der Waals surface area contributed by atoms with Crippen LogP contribution in [0.2, 0.25) is 0 Å². The Morgan fingerprint density at radius 2 is 1.83 bits per heavy atom. The van der Waals surface area contributed by atoms with Crippen LogP contribution in [-0.2, 0) is 6.54 Å². The Labute approximate surface area is 108 Å². The lowest BCUT2D eigenvalue weighted by Crippen LogP contribution is -2.06. The molecule has 18 heavy (non-hydrogen) atoms. The molecular formula is C16H19NO. The van der Waals surface area contributed by atoms with Crippen LogP contribution in [0.1, 0.15) is 48.3 Å². The summed E-state index contributed by atoms with van der Waals surface area (Å²) in [4.78, 5) is 11.4. The van der Waals surface area contributed by atoms with Crippen molar-refractivity contribution in [3.05, 3.63) is 59.4 Å². The number of carbonyl (C=O) groups is 1. The maximum Gasteiger partial charge on any atom is 0.176 e. The van der Waals surface area contributed by atoms with Crippen molar-refractivity contribution in [1.29, 1.82) is 0 Å².